The van der Waals surface area contributed by atoms with Gasteiger partial charge in [-0.2, -0.15) is 0 Å². The summed E-state index contributed by atoms with van der Waals surface area (Å²) in [6, 6.07) is 15.3. The Labute approximate surface area is 136 Å². The van der Waals surface area contributed by atoms with Crippen molar-refractivity contribution < 1.29 is 0 Å². The van der Waals surface area contributed by atoms with Gasteiger partial charge in [-0.25, -0.2) is 9.97 Å². The third kappa shape index (κ3) is 2.51. The molecule has 0 unspecified atom stereocenters. The maximum Gasteiger partial charge on any atom is 0.261 e. The van der Waals surface area contributed by atoms with Crippen molar-refractivity contribution in [1.82, 2.24) is 19.5 Å². The summed E-state index contributed by atoms with van der Waals surface area (Å²) in [6.45, 7) is 0. The highest BCUT2D eigenvalue weighted by molar-refractivity contribution is 7.98. The Bertz CT molecular complexity index is 1030. The summed E-state index contributed by atoms with van der Waals surface area (Å²) >= 11 is 1.50. The van der Waals surface area contributed by atoms with Gasteiger partial charge in [-0.1, -0.05) is 36.0 Å². The maximum atomic E-state index is 12.4. The SMILES string of the molecule is Cn1c(SCc2nc3ccccc3[nH]2)nc2ccccc2c1=O. The molecule has 0 atom stereocenters. The molecule has 4 rings (SSSR count). The Kier molecular flexibility index (Phi) is 3.38. The van der Waals surface area contributed by atoms with Gasteiger partial charge in [0.1, 0.15) is 5.82 Å². The van der Waals surface area contributed by atoms with Gasteiger partial charge in [0.05, 0.1) is 27.7 Å². The lowest BCUT2D eigenvalue weighted by molar-refractivity contribution is 0.726. The molecule has 6 heteroatoms. The molecule has 0 saturated heterocycles. The molecule has 2 aromatic heterocycles. The number of aromatic nitrogens is 4. The van der Waals surface area contributed by atoms with Crippen LogP contribution in [0, 0.1) is 0 Å². The number of fused-ring (bicyclic) bond motifs is 2. The molecule has 23 heavy (non-hydrogen) atoms. The van der Waals surface area contributed by atoms with E-state index in [0.717, 1.165) is 22.4 Å². The molecule has 5 nitrogen and oxygen atoms in total. The van der Waals surface area contributed by atoms with Crippen LogP contribution in [0.4, 0.5) is 0 Å². The van der Waals surface area contributed by atoms with Gasteiger partial charge in [0.25, 0.3) is 5.56 Å². The summed E-state index contributed by atoms with van der Waals surface area (Å²) in [7, 11) is 1.75. The first-order valence-corrected chi connectivity index (χ1v) is 8.23. The van der Waals surface area contributed by atoms with Crippen LogP contribution in [-0.4, -0.2) is 19.5 Å². The molecule has 4 aromatic rings. The fourth-order valence-corrected chi connectivity index (χ4v) is 3.38. The molecular formula is C17H14N4OS. The van der Waals surface area contributed by atoms with Crippen LogP contribution < -0.4 is 5.56 Å². The first kappa shape index (κ1) is 14.0. The Morgan fingerprint density at radius 1 is 1.04 bits per heavy atom. The summed E-state index contributed by atoms with van der Waals surface area (Å²) in [5.41, 5.74) is 2.66. The third-order valence-electron chi connectivity index (χ3n) is 3.72. The van der Waals surface area contributed by atoms with E-state index in [1.54, 1.807) is 17.7 Å². The number of para-hydroxylation sites is 3. The zero-order chi connectivity index (χ0) is 15.8. The molecule has 1 N–H and O–H groups in total. The fourth-order valence-electron chi connectivity index (χ4n) is 2.53. The molecule has 2 aromatic carbocycles. The van der Waals surface area contributed by atoms with Crippen LogP contribution in [-0.2, 0) is 12.8 Å². The molecule has 0 amide bonds. The largest absolute Gasteiger partial charge is 0.341 e. The van der Waals surface area contributed by atoms with E-state index in [2.05, 4.69) is 15.0 Å². The van der Waals surface area contributed by atoms with Crippen LogP contribution in [0.5, 0.6) is 0 Å². The molecule has 0 spiro atoms. The van der Waals surface area contributed by atoms with E-state index in [1.165, 1.54) is 11.8 Å². The summed E-state index contributed by atoms with van der Waals surface area (Å²) in [5.74, 6) is 1.51. The zero-order valence-electron chi connectivity index (χ0n) is 12.5. The van der Waals surface area contributed by atoms with Crippen molar-refractivity contribution in [2.45, 2.75) is 10.9 Å². The van der Waals surface area contributed by atoms with Gasteiger partial charge in [0.15, 0.2) is 5.16 Å². The average Bonchev–Trinajstić information content (AvgIpc) is 3.00. The minimum atomic E-state index is -0.0253. The second-order valence-electron chi connectivity index (χ2n) is 5.27. The molecule has 0 fully saturated rings. The quantitative estimate of drug-likeness (QED) is 0.465. The van der Waals surface area contributed by atoms with Crippen LogP contribution in [0.3, 0.4) is 0 Å². The highest BCUT2D eigenvalue weighted by atomic mass is 32.2. The van der Waals surface area contributed by atoms with Crippen molar-refractivity contribution in [3.8, 4) is 0 Å². The minimum Gasteiger partial charge on any atom is -0.341 e. The number of hydrogen-bond acceptors (Lipinski definition) is 4. The van der Waals surface area contributed by atoms with Gasteiger partial charge in [-0.3, -0.25) is 9.36 Å². The first-order valence-electron chi connectivity index (χ1n) is 7.24. The van der Waals surface area contributed by atoms with Gasteiger partial charge in [-0.05, 0) is 24.3 Å². The van der Waals surface area contributed by atoms with E-state index in [0.29, 0.717) is 16.3 Å². The van der Waals surface area contributed by atoms with E-state index in [4.69, 9.17) is 0 Å². The number of thioether (sulfide) groups is 1. The lowest BCUT2D eigenvalue weighted by Gasteiger charge is -2.07. The third-order valence-corrected chi connectivity index (χ3v) is 4.76. The van der Waals surface area contributed by atoms with Crippen molar-refractivity contribution in [1.29, 1.82) is 0 Å². The second kappa shape index (κ2) is 5.55. The lowest BCUT2D eigenvalue weighted by Crippen LogP contribution is -2.19. The maximum absolute atomic E-state index is 12.4. The predicted molar refractivity (Wildman–Crippen MR) is 92.6 cm³/mol. The Morgan fingerprint density at radius 2 is 1.78 bits per heavy atom. The number of aromatic amines is 1. The molecule has 114 valence electrons. The Balaban J connectivity index is 1.67. The molecule has 0 saturated carbocycles. The topological polar surface area (TPSA) is 63.6 Å². The smallest absolute Gasteiger partial charge is 0.261 e. The summed E-state index contributed by atoms with van der Waals surface area (Å²) in [5, 5.41) is 1.33. The lowest BCUT2D eigenvalue weighted by atomic mass is 10.2. The Morgan fingerprint density at radius 3 is 2.61 bits per heavy atom. The van der Waals surface area contributed by atoms with Crippen molar-refractivity contribution in [2.24, 2.45) is 7.05 Å². The molecule has 0 bridgehead atoms. The van der Waals surface area contributed by atoms with Crippen LogP contribution in [0.25, 0.3) is 21.9 Å². The number of benzene rings is 2. The second-order valence-corrected chi connectivity index (χ2v) is 6.21. The number of rotatable bonds is 3. The summed E-state index contributed by atoms with van der Waals surface area (Å²) in [4.78, 5) is 24.8. The number of imidazole rings is 1. The standard InChI is InChI=1S/C17H14N4OS/c1-21-16(22)11-6-2-3-7-12(11)20-17(21)23-10-15-18-13-8-4-5-9-14(13)19-15/h2-9H,10H2,1H3,(H,18,19). The highest BCUT2D eigenvalue weighted by Gasteiger charge is 2.10. The van der Waals surface area contributed by atoms with Crippen molar-refractivity contribution in [3.63, 3.8) is 0 Å². The molecule has 0 aliphatic carbocycles. The molecule has 2 heterocycles. The van der Waals surface area contributed by atoms with Crippen molar-refractivity contribution in [2.75, 3.05) is 0 Å². The normalized spacial score (nSPS) is 11.3. The number of hydrogen-bond donors (Lipinski definition) is 1. The van der Waals surface area contributed by atoms with Crippen LogP contribution in [0.1, 0.15) is 5.82 Å². The van der Waals surface area contributed by atoms with Gasteiger partial charge in [-0.15, -0.1) is 0 Å². The average molecular weight is 322 g/mol. The summed E-state index contributed by atoms with van der Waals surface area (Å²) < 4.78 is 1.59. The van der Waals surface area contributed by atoms with Gasteiger partial charge < -0.3 is 4.98 Å². The number of H-pyrrole nitrogens is 1. The number of nitrogens with one attached hydrogen (secondary N) is 1. The van der Waals surface area contributed by atoms with E-state index < -0.39 is 0 Å². The van der Waals surface area contributed by atoms with Crippen LogP contribution >= 0.6 is 11.8 Å². The predicted octanol–water partition coefficient (Wildman–Crippen LogP) is 3.10. The van der Waals surface area contributed by atoms with Gasteiger partial charge in [0, 0.05) is 7.05 Å². The molecular weight excluding hydrogens is 308 g/mol. The fraction of sp³-hybridized carbons (Fsp3) is 0.118. The molecule has 0 radical (unpaired) electrons. The zero-order valence-corrected chi connectivity index (χ0v) is 13.3. The van der Waals surface area contributed by atoms with Crippen molar-refractivity contribution in [3.05, 3.63) is 64.7 Å². The summed E-state index contributed by atoms with van der Waals surface area (Å²) in [6.07, 6.45) is 0. The van der Waals surface area contributed by atoms with E-state index in [1.807, 2.05) is 42.5 Å². The van der Waals surface area contributed by atoms with Crippen LogP contribution in [0.15, 0.2) is 58.5 Å². The van der Waals surface area contributed by atoms with Gasteiger partial charge in [0.2, 0.25) is 0 Å². The van der Waals surface area contributed by atoms with E-state index >= 15 is 0 Å². The van der Waals surface area contributed by atoms with Gasteiger partial charge >= 0.3 is 0 Å². The van der Waals surface area contributed by atoms with Crippen molar-refractivity contribution >= 4 is 33.7 Å². The number of nitrogens with zero attached hydrogens (tertiary/aromatic N) is 3. The minimum absolute atomic E-state index is 0.0253. The Hall–Kier alpha value is -2.60. The van der Waals surface area contributed by atoms with Crippen LogP contribution in [0.2, 0.25) is 0 Å². The first-order chi connectivity index (χ1) is 11.2. The van der Waals surface area contributed by atoms with E-state index in [-0.39, 0.29) is 5.56 Å². The molecule has 0 aliphatic rings. The monoisotopic (exact) mass is 322 g/mol. The highest BCUT2D eigenvalue weighted by Crippen LogP contribution is 2.21. The van der Waals surface area contributed by atoms with E-state index in [9.17, 15) is 4.79 Å². The molecule has 0 aliphatic heterocycles.